The Balaban J connectivity index is 1.16. The van der Waals surface area contributed by atoms with Gasteiger partial charge in [-0.1, -0.05) is 109 Å². The minimum atomic E-state index is 0.471. The van der Waals surface area contributed by atoms with Crippen molar-refractivity contribution in [2.75, 3.05) is 0 Å². The zero-order valence-electron chi connectivity index (χ0n) is 24.9. The Morgan fingerprint density at radius 1 is 0.674 bits per heavy atom. The van der Waals surface area contributed by atoms with Gasteiger partial charge in [-0.3, -0.25) is 4.99 Å². The van der Waals surface area contributed by atoms with E-state index in [9.17, 15) is 0 Å². The fourth-order valence-corrected chi connectivity index (χ4v) is 6.84. The Hall–Kier alpha value is -5.78. The summed E-state index contributed by atoms with van der Waals surface area (Å²) in [5.41, 5.74) is 17.4. The third-order valence-corrected chi connectivity index (χ3v) is 9.31. The first-order valence-electron chi connectivity index (χ1n) is 15.2. The van der Waals surface area contributed by atoms with Gasteiger partial charge < -0.3 is 10.2 Å². The summed E-state index contributed by atoms with van der Waals surface area (Å²) in [7, 11) is 0. The van der Waals surface area contributed by atoms with Crippen LogP contribution in [0.3, 0.4) is 0 Å². The highest BCUT2D eigenvalue weighted by atomic mass is 32.1. The fourth-order valence-electron chi connectivity index (χ4n) is 5.88. The van der Waals surface area contributed by atoms with Crippen LogP contribution in [0.2, 0.25) is 0 Å². The van der Waals surface area contributed by atoms with Crippen LogP contribution in [0.4, 0.5) is 0 Å². The lowest BCUT2D eigenvalue weighted by atomic mass is 10.0. The van der Waals surface area contributed by atoms with Crippen molar-refractivity contribution in [3.63, 3.8) is 0 Å². The van der Waals surface area contributed by atoms with E-state index >= 15 is 0 Å². The lowest BCUT2D eigenvalue weighted by molar-refractivity contribution is 0.668. The first kappa shape index (κ1) is 27.7. The van der Waals surface area contributed by atoms with Crippen molar-refractivity contribution in [3.8, 4) is 21.7 Å². The van der Waals surface area contributed by atoms with Crippen molar-refractivity contribution in [3.05, 3.63) is 168 Å². The van der Waals surface area contributed by atoms with E-state index in [0.29, 0.717) is 12.2 Å². The minimum absolute atomic E-state index is 0.471. The van der Waals surface area contributed by atoms with E-state index in [0.717, 1.165) is 66.0 Å². The van der Waals surface area contributed by atoms with Crippen LogP contribution in [-0.2, 0) is 6.54 Å². The van der Waals surface area contributed by atoms with E-state index < -0.39 is 0 Å². The molecule has 0 saturated heterocycles. The Bertz CT molecular complexity index is 2350. The molecule has 0 aliphatic carbocycles. The third kappa shape index (κ3) is 5.38. The Morgan fingerprint density at radius 3 is 2.20 bits per heavy atom. The van der Waals surface area contributed by atoms with Crippen LogP contribution in [0.1, 0.15) is 16.7 Å². The van der Waals surface area contributed by atoms with Crippen molar-refractivity contribution in [1.82, 2.24) is 4.98 Å². The molecule has 2 N–H and O–H groups in total. The average Bonchev–Trinajstić information content (AvgIpc) is 3.72. The maximum Gasteiger partial charge on any atom is 0.135 e. The molecule has 0 amide bonds. The summed E-state index contributed by atoms with van der Waals surface area (Å²) in [5.74, 6) is 0. The lowest BCUT2D eigenvalue weighted by Crippen LogP contribution is -2.04. The molecule has 46 heavy (non-hydrogen) atoms. The smallest absolute Gasteiger partial charge is 0.135 e. The van der Waals surface area contributed by atoms with Crippen LogP contribution in [-0.4, -0.2) is 10.7 Å². The van der Waals surface area contributed by atoms with Crippen molar-refractivity contribution < 1.29 is 4.42 Å². The van der Waals surface area contributed by atoms with E-state index in [1.54, 1.807) is 11.3 Å². The molecule has 0 spiro atoms. The maximum atomic E-state index is 6.70. The molecule has 2 aromatic heterocycles. The SMILES string of the molecule is N/C(=C\C(=N/Cc1cccc2oc3ccc(-c4nc5ccccc5s4)cc3c12)c1ccccc1)c1ccc(-c2ccccc2)cc1. The van der Waals surface area contributed by atoms with Crippen LogP contribution in [0, 0.1) is 0 Å². The number of fused-ring (bicyclic) bond motifs is 4. The molecule has 6 aromatic carbocycles. The Morgan fingerprint density at radius 2 is 1.39 bits per heavy atom. The van der Waals surface area contributed by atoms with Crippen molar-refractivity contribution in [2.24, 2.45) is 10.7 Å². The number of para-hydroxylation sites is 1. The molecule has 0 unspecified atom stereocenters. The van der Waals surface area contributed by atoms with Gasteiger partial charge in [-0.25, -0.2) is 4.98 Å². The quantitative estimate of drug-likeness (QED) is 0.182. The molecule has 0 aliphatic heterocycles. The summed E-state index contributed by atoms with van der Waals surface area (Å²) in [6.07, 6.45) is 1.98. The molecule has 5 heteroatoms. The van der Waals surface area contributed by atoms with Crippen molar-refractivity contribution in [2.45, 2.75) is 6.54 Å². The molecule has 4 nitrogen and oxygen atoms in total. The molecule has 0 radical (unpaired) electrons. The molecule has 0 aliphatic rings. The van der Waals surface area contributed by atoms with Gasteiger partial charge in [0, 0.05) is 22.0 Å². The van der Waals surface area contributed by atoms with Crippen LogP contribution in [0.5, 0.6) is 0 Å². The van der Waals surface area contributed by atoms with E-state index in [1.165, 1.54) is 10.3 Å². The number of thiazole rings is 1. The van der Waals surface area contributed by atoms with E-state index in [4.69, 9.17) is 20.1 Å². The molecular formula is C41H29N3OS. The van der Waals surface area contributed by atoms with Gasteiger partial charge in [0.1, 0.15) is 16.2 Å². The summed E-state index contributed by atoms with van der Waals surface area (Å²) < 4.78 is 7.48. The maximum absolute atomic E-state index is 6.70. The molecule has 0 atom stereocenters. The number of hydrogen-bond acceptors (Lipinski definition) is 5. The standard InChI is InChI=1S/C41H29N3OS/c42-34(29-20-18-28(19-21-29)27-10-3-1-4-11-27)25-36(30-12-5-2-6-13-30)43-26-32-14-9-16-38-40(32)33-24-31(22-23-37(33)45-38)41-44-35-15-7-8-17-39(35)46-41/h1-25H,26,42H2/b34-25-,43-36+. The number of benzene rings is 6. The highest BCUT2D eigenvalue weighted by Crippen LogP contribution is 2.37. The lowest BCUT2D eigenvalue weighted by Gasteiger charge is -2.08. The number of aliphatic imine (C=N–C) groups is 1. The second-order valence-corrected chi connectivity index (χ2v) is 12.2. The first-order valence-corrected chi connectivity index (χ1v) is 16.0. The molecule has 8 aromatic rings. The van der Waals surface area contributed by atoms with Gasteiger partial charge in [-0.05, 0) is 70.3 Å². The second-order valence-electron chi connectivity index (χ2n) is 11.2. The largest absolute Gasteiger partial charge is 0.456 e. The van der Waals surface area contributed by atoms with Crippen LogP contribution < -0.4 is 5.73 Å². The highest BCUT2D eigenvalue weighted by molar-refractivity contribution is 7.21. The number of allylic oxidation sites excluding steroid dienone is 1. The van der Waals surface area contributed by atoms with E-state index in [-0.39, 0.29) is 0 Å². The number of aromatic nitrogens is 1. The molecule has 8 rings (SSSR count). The topological polar surface area (TPSA) is 64.4 Å². The van der Waals surface area contributed by atoms with Crippen LogP contribution in [0.15, 0.2) is 161 Å². The summed E-state index contributed by atoms with van der Waals surface area (Å²) in [6.45, 7) is 0.471. The van der Waals surface area contributed by atoms with Crippen molar-refractivity contribution in [1.29, 1.82) is 0 Å². The zero-order valence-corrected chi connectivity index (χ0v) is 25.7. The minimum Gasteiger partial charge on any atom is -0.456 e. The molecule has 0 bridgehead atoms. The average molecular weight is 612 g/mol. The fraction of sp³-hybridized carbons (Fsp3) is 0.0244. The number of furan rings is 1. The van der Waals surface area contributed by atoms with Crippen molar-refractivity contribution >= 4 is 54.9 Å². The third-order valence-electron chi connectivity index (χ3n) is 8.23. The molecule has 0 fully saturated rings. The summed E-state index contributed by atoms with van der Waals surface area (Å²) in [4.78, 5) is 10.0. The van der Waals surface area contributed by atoms with Gasteiger partial charge in [0.25, 0.3) is 0 Å². The van der Waals surface area contributed by atoms with Gasteiger partial charge in [0.15, 0.2) is 0 Å². The number of rotatable bonds is 7. The molecular weight excluding hydrogens is 583 g/mol. The number of nitrogens with zero attached hydrogens (tertiary/aromatic N) is 2. The Labute approximate surface area is 270 Å². The van der Waals surface area contributed by atoms with Gasteiger partial charge in [-0.15, -0.1) is 11.3 Å². The highest BCUT2D eigenvalue weighted by Gasteiger charge is 2.14. The summed E-state index contributed by atoms with van der Waals surface area (Å²) in [5, 5.41) is 3.13. The monoisotopic (exact) mass is 611 g/mol. The first-order chi connectivity index (χ1) is 22.7. The molecule has 0 saturated carbocycles. The van der Waals surface area contributed by atoms with E-state index in [1.807, 2.05) is 54.6 Å². The Kier molecular flexibility index (Phi) is 7.21. The number of hydrogen-bond donors (Lipinski definition) is 1. The second kappa shape index (κ2) is 12.0. The predicted molar refractivity (Wildman–Crippen MR) is 193 cm³/mol. The number of nitrogens with two attached hydrogens (primary N) is 1. The van der Waals surface area contributed by atoms with Crippen LogP contribution in [0.25, 0.3) is 59.6 Å². The zero-order chi connectivity index (χ0) is 30.9. The van der Waals surface area contributed by atoms with Gasteiger partial charge >= 0.3 is 0 Å². The van der Waals surface area contributed by atoms with Gasteiger partial charge in [0.2, 0.25) is 0 Å². The van der Waals surface area contributed by atoms with E-state index in [2.05, 4.69) is 97.1 Å². The summed E-state index contributed by atoms with van der Waals surface area (Å²) >= 11 is 1.70. The molecule has 2 heterocycles. The molecule has 220 valence electrons. The normalized spacial score (nSPS) is 12.3. The van der Waals surface area contributed by atoms with Gasteiger partial charge in [0.05, 0.1) is 22.5 Å². The predicted octanol–water partition coefficient (Wildman–Crippen LogP) is 10.5. The van der Waals surface area contributed by atoms with Crippen LogP contribution >= 0.6 is 11.3 Å². The van der Waals surface area contributed by atoms with Gasteiger partial charge in [-0.2, -0.15) is 0 Å². The summed E-state index contributed by atoms with van der Waals surface area (Å²) in [6, 6.07) is 49.7.